The van der Waals surface area contributed by atoms with Gasteiger partial charge in [0.1, 0.15) is 11.5 Å². The van der Waals surface area contributed by atoms with E-state index in [2.05, 4.69) is 0 Å². The van der Waals surface area contributed by atoms with Crippen LogP contribution in [0, 0.1) is 10.1 Å². The van der Waals surface area contributed by atoms with Crippen LogP contribution >= 0.6 is 0 Å². The summed E-state index contributed by atoms with van der Waals surface area (Å²) in [7, 11) is 1.58. The number of hydrogen-bond donors (Lipinski definition) is 1. The smallest absolute Gasteiger partial charge is 0.273 e. The molecular weight excluding hydrogens is 336 g/mol. The fourth-order valence-corrected chi connectivity index (χ4v) is 3.91. The molecule has 1 saturated carbocycles. The number of benzene rings is 2. The van der Waals surface area contributed by atoms with Crippen molar-refractivity contribution in [3.8, 4) is 11.5 Å². The molecule has 2 aliphatic rings. The second-order valence-electron chi connectivity index (χ2n) is 6.79. The van der Waals surface area contributed by atoms with Crippen LogP contribution in [0.15, 0.2) is 36.4 Å². The Bertz CT molecular complexity index is 903. The number of methoxy groups -OCH3 is 1. The summed E-state index contributed by atoms with van der Waals surface area (Å²) in [6.07, 6.45) is 2.20. The Balaban J connectivity index is 1.77. The molecule has 0 radical (unpaired) electrons. The van der Waals surface area contributed by atoms with Crippen molar-refractivity contribution in [1.29, 1.82) is 0 Å². The molecule has 1 aliphatic carbocycles. The summed E-state index contributed by atoms with van der Waals surface area (Å²) >= 11 is 0. The number of carbonyl (C=O) groups is 1. The number of phenolic OH excluding ortho intramolecular Hbond substituents is 1. The highest BCUT2D eigenvalue weighted by atomic mass is 16.6. The van der Waals surface area contributed by atoms with Gasteiger partial charge in [-0.15, -0.1) is 0 Å². The van der Waals surface area contributed by atoms with Gasteiger partial charge in [0.05, 0.1) is 35.7 Å². The first kappa shape index (κ1) is 16.4. The topological polar surface area (TPSA) is 92.9 Å². The number of ether oxygens (including phenoxy) is 1. The number of nitro benzene ring substituents is 1. The maximum Gasteiger partial charge on any atom is 0.273 e. The zero-order chi connectivity index (χ0) is 18.5. The van der Waals surface area contributed by atoms with E-state index in [1.54, 1.807) is 12.0 Å². The van der Waals surface area contributed by atoms with E-state index >= 15 is 0 Å². The van der Waals surface area contributed by atoms with Crippen LogP contribution in [0.25, 0.3) is 0 Å². The summed E-state index contributed by atoms with van der Waals surface area (Å²) < 4.78 is 5.15. The number of amides is 1. The first-order chi connectivity index (χ1) is 12.5. The Kier molecular flexibility index (Phi) is 3.61. The number of nitrogens with zero attached hydrogens (tertiary/aromatic N) is 2. The van der Waals surface area contributed by atoms with E-state index in [1.807, 2.05) is 24.3 Å². The number of rotatable bonds is 4. The van der Waals surface area contributed by atoms with Gasteiger partial charge in [-0.05, 0) is 30.5 Å². The second kappa shape index (κ2) is 5.72. The van der Waals surface area contributed by atoms with Crippen LogP contribution < -0.4 is 9.64 Å². The van der Waals surface area contributed by atoms with Crippen molar-refractivity contribution >= 4 is 17.3 Å². The van der Waals surface area contributed by atoms with Crippen molar-refractivity contribution in [1.82, 2.24) is 0 Å². The summed E-state index contributed by atoms with van der Waals surface area (Å²) in [5.74, 6) is 0.404. The molecule has 7 heteroatoms. The molecule has 2 aromatic rings. The Morgan fingerprint density at radius 1 is 1.27 bits per heavy atom. The SMILES string of the molecule is COc1ccc(CN2C(=O)C3(CCC3)c3cc([N+](=O)[O-])cc(O)c32)cc1. The van der Waals surface area contributed by atoms with Gasteiger partial charge in [-0.3, -0.25) is 14.9 Å². The third kappa shape index (κ3) is 2.23. The first-order valence-electron chi connectivity index (χ1n) is 8.43. The van der Waals surface area contributed by atoms with E-state index in [4.69, 9.17) is 4.74 Å². The summed E-state index contributed by atoms with van der Waals surface area (Å²) in [4.78, 5) is 25.3. The van der Waals surface area contributed by atoms with E-state index in [1.165, 1.54) is 6.07 Å². The van der Waals surface area contributed by atoms with Gasteiger partial charge in [-0.2, -0.15) is 0 Å². The molecule has 1 aliphatic heterocycles. The number of nitro groups is 1. The van der Waals surface area contributed by atoms with Gasteiger partial charge in [0, 0.05) is 11.6 Å². The van der Waals surface area contributed by atoms with E-state index in [-0.39, 0.29) is 17.3 Å². The van der Waals surface area contributed by atoms with Gasteiger partial charge >= 0.3 is 0 Å². The van der Waals surface area contributed by atoms with Gasteiger partial charge in [-0.25, -0.2) is 0 Å². The molecule has 26 heavy (non-hydrogen) atoms. The molecule has 134 valence electrons. The monoisotopic (exact) mass is 354 g/mol. The molecule has 0 aromatic heterocycles. The molecular formula is C19H18N2O5. The molecule has 1 fully saturated rings. The van der Waals surface area contributed by atoms with Crippen molar-refractivity contribution in [2.75, 3.05) is 12.0 Å². The van der Waals surface area contributed by atoms with Gasteiger partial charge in [0.25, 0.3) is 5.69 Å². The second-order valence-corrected chi connectivity index (χ2v) is 6.79. The minimum Gasteiger partial charge on any atom is -0.505 e. The molecule has 7 nitrogen and oxygen atoms in total. The van der Waals surface area contributed by atoms with Crippen molar-refractivity contribution in [2.45, 2.75) is 31.2 Å². The van der Waals surface area contributed by atoms with Crippen LogP contribution in [0.5, 0.6) is 11.5 Å². The van der Waals surface area contributed by atoms with Gasteiger partial charge in [0.2, 0.25) is 5.91 Å². The molecule has 0 unspecified atom stereocenters. The lowest BCUT2D eigenvalue weighted by Crippen LogP contribution is -2.44. The maximum absolute atomic E-state index is 13.1. The predicted octanol–water partition coefficient (Wildman–Crippen LogP) is 3.28. The zero-order valence-corrected chi connectivity index (χ0v) is 14.3. The Morgan fingerprint density at radius 3 is 2.50 bits per heavy atom. The largest absolute Gasteiger partial charge is 0.505 e. The number of hydrogen-bond acceptors (Lipinski definition) is 5. The highest BCUT2D eigenvalue weighted by molar-refractivity contribution is 6.10. The summed E-state index contributed by atoms with van der Waals surface area (Å²) in [5.41, 5.74) is 0.946. The fourth-order valence-electron chi connectivity index (χ4n) is 3.91. The number of carbonyl (C=O) groups excluding carboxylic acids is 1. The van der Waals surface area contributed by atoms with Crippen LogP contribution in [0.2, 0.25) is 0 Å². The summed E-state index contributed by atoms with van der Waals surface area (Å²) in [6.45, 7) is 0.295. The first-order valence-corrected chi connectivity index (χ1v) is 8.43. The maximum atomic E-state index is 13.1. The molecule has 1 heterocycles. The number of anilines is 1. The van der Waals surface area contributed by atoms with E-state index in [0.717, 1.165) is 23.8 Å². The summed E-state index contributed by atoms with van der Waals surface area (Å²) in [5, 5.41) is 21.6. The van der Waals surface area contributed by atoms with E-state index < -0.39 is 10.3 Å². The van der Waals surface area contributed by atoms with Crippen LogP contribution in [-0.4, -0.2) is 23.0 Å². The fraction of sp³-hybridized carbons (Fsp3) is 0.316. The van der Waals surface area contributed by atoms with E-state index in [9.17, 15) is 20.0 Å². The number of phenols is 1. The van der Waals surface area contributed by atoms with E-state index in [0.29, 0.717) is 30.6 Å². The predicted molar refractivity (Wildman–Crippen MR) is 94.5 cm³/mol. The molecule has 1 N–H and O–H groups in total. The van der Waals surface area contributed by atoms with Crippen molar-refractivity contribution in [3.05, 3.63) is 57.6 Å². The molecule has 0 atom stereocenters. The molecule has 2 aromatic carbocycles. The van der Waals surface area contributed by atoms with Gasteiger partial charge in [0.15, 0.2) is 0 Å². The van der Waals surface area contributed by atoms with Crippen LogP contribution in [-0.2, 0) is 16.8 Å². The standard InChI is InChI=1S/C19H18N2O5/c1-26-14-5-3-12(4-6-14)11-20-17-15(19(18(20)23)7-2-8-19)9-13(21(24)25)10-16(17)22/h3-6,9-10,22H,2,7-8,11H2,1H3. The Labute approximate surface area is 150 Å². The minimum absolute atomic E-state index is 0.0923. The lowest BCUT2D eigenvalue weighted by molar-refractivity contribution is -0.385. The normalized spacial score (nSPS) is 17.1. The van der Waals surface area contributed by atoms with Crippen LogP contribution in [0.4, 0.5) is 11.4 Å². The lowest BCUT2D eigenvalue weighted by Gasteiger charge is -2.36. The molecule has 4 rings (SSSR count). The van der Waals surface area contributed by atoms with Crippen molar-refractivity contribution < 1.29 is 19.6 Å². The van der Waals surface area contributed by atoms with Crippen LogP contribution in [0.1, 0.15) is 30.4 Å². The van der Waals surface area contributed by atoms with Gasteiger partial charge in [-0.1, -0.05) is 18.6 Å². The third-order valence-electron chi connectivity index (χ3n) is 5.43. The molecule has 0 bridgehead atoms. The summed E-state index contributed by atoms with van der Waals surface area (Å²) in [6, 6.07) is 9.90. The van der Waals surface area contributed by atoms with Crippen molar-refractivity contribution in [3.63, 3.8) is 0 Å². The van der Waals surface area contributed by atoms with Crippen LogP contribution in [0.3, 0.4) is 0 Å². The number of aromatic hydroxyl groups is 1. The average molecular weight is 354 g/mol. The minimum atomic E-state index is -0.731. The Morgan fingerprint density at radius 2 is 1.96 bits per heavy atom. The average Bonchev–Trinajstić information content (AvgIpc) is 2.84. The molecule has 1 spiro atoms. The molecule has 0 saturated heterocycles. The third-order valence-corrected chi connectivity index (χ3v) is 5.43. The lowest BCUT2D eigenvalue weighted by atomic mass is 9.65. The molecule has 1 amide bonds. The number of fused-ring (bicyclic) bond motifs is 2. The highest BCUT2D eigenvalue weighted by Gasteiger charge is 2.55. The van der Waals surface area contributed by atoms with Crippen molar-refractivity contribution in [2.24, 2.45) is 0 Å². The highest BCUT2D eigenvalue weighted by Crippen LogP contribution is 2.57. The quantitative estimate of drug-likeness (QED) is 0.672. The Hall–Kier alpha value is -3.09. The van der Waals surface area contributed by atoms with Gasteiger partial charge < -0.3 is 14.7 Å². The number of non-ortho nitro benzene ring substituents is 1. The zero-order valence-electron chi connectivity index (χ0n) is 14.3.